The summed E-state index contributed by atoms with van der Waals surface area (Å²) in [5, 5.41) is 0. The van der Waals surface area contributed by atoms with Crippen molar-refractivity contribution < 1.29 is 8.42 Å². The quantitative estimate of drug-likeness (QED) is 0.581. The molecule has 0 radical (unpaired) electrons. The van der Waals surface area contributed by atoms with E-state index >= 15 is 0 Å². The van der Waals surface area contributed by atoms with Crippen molar-refractivity contribution in [2.45, 2.75) is 0 Å². The van der Waals surface area contributed by atoms with Crippen LogP contribution in [0.4, 0.5) is 11.6 Å². The molecule has 17 heavy (non-hydrogen) atoms. The largest absolute Gasteiger partial charge is 0.358 e. The zero-order chi connectivity index (χ0) is 13.1. The SMILES string of the molecule is CN(CCS(C)(=O)=O)c1ncnc(NN)c1Br. The van der Waals surface area contributed by atoms with Crippen molar-refractivity contribution in [1.82, 2.24) is 9.97 Å². The summed E-state index contributed by atoms with van der Waals surface area (Å²) in [6.45, 7) is 0.346. The number of nitrogens with one attached hydrogen (secondary N) is 1. The molecule has 96 valence electrons. The molecule has 1 heterocycles. The van der Waals surface area contributed by atoms with Crippen LogP contribution in [0.15, 0.2) is 10.8 Å². The molecule has 7 nitrogen and oxygen atoms in total. The van der Waals surface area contributed by atoms with Crippen molar-refractivity contribution in [1.29, 1.82) is 0 Å². The minimum absolute atomic E-state index is 0.0608. The Morgan fingerprint density at radius 2 is 2.18 bits per heavy atom. The molecule has 0 saturated heterocycles. The molecule has 0 saturated carbocycles. The van der Waals surface area contributed by atoms with Gasteiger partial charge < -0.3 is 10.3 Å². The second kappa shape index (κ2) is 5.61. The fourth-order valence-electron chi connectivity index (χ4n) is 1.14. The van der Waals surface area contributed by atoms with Gasteiger partial charge in [0.25, 0.3) is 0 Å². The van der Waals surface area contributed by atoms with E-state index in [1.165, 1.54) is 12.6 Å². The Labute approximate surface area is 108 Å². The van der Waals surface area contributed by atoms with Crippen LogP contribution < -0.4 is 16.2 Å². The molecule has 0 bridgehead atoms. The van der Waals surface area contributed by atoms with E-state index in [0.717, 1.165) is 0 Å². The first-order valence-electron chi connectivity index (χ1n) is 4.71. The van der Waals surface area contributed by atoms with E-state index in [9.17, 15) is 8.42 Å². The average Bonchev–Trinajstić information content (AvgIpc) is 2.25. The molecule has 0 aliphatic rings. The summed E-state index contributed by atoms with van der Waals surface area (Å²) in [5.41, 5.74) is 2.42. The molecule has 0 fully saturated rings. The van der Waals surface area contributed by atoms with Gasteiger partial charge in [0.05, 0.1) is 5.75 Å². The Balaban J connectivity index is 2.86. The van der Waals surface area contributed by atoms with Gasteiger partial charge in [0, 0.05) is 19.8 Å². The molecule has 0 aliphatic carbocycles. The number of sulfone groups is 1. The van der Waals surface area contributed by atoms with Crippen LogP contribution in [0.2, 0.25) is 0 Å². The van der Waals surface area contributed by atoms with Crippen LogP contribution in [-0.4, -0.2) is 44.0 Å². The van der Waals surface area contributed by atoms with Crippen molar-refractivity contribution in [3.63, 3.8) is 0 Å². The van der Waals surface area contributed by atoms with E-state index in [1.54, 1.807) is 11.9 Å². The van der Waals surface area contributed by atoms with Gasteiger partial charge in [-0.3, -0.25) is 0 Å². The molecule has 1 rings (SSSR count). The maximum atomic E-state index is 11.1. The smallest absolute Gasteiger partial charge is 0.159 e. The molecular weight excluding hydrogens is 310 g/mol. The lowest BCUT2D eigenvalue weighted by Crippen LogP contribution is -2.26. The van der Waals surface area contributed by atoms with Gasteiger partial charge in [0.1, 0.15) is 26.5 Å². The molecule has 0 aliphatic heterocycles. The van der Waals surface area contributed by atoms with Crippen LogP contribution in [-0.2, 0) is 9.84 Å². The first-order chi connectivity index (χ1) is 7.85. The molecule has 0 atom stereocenters. The zero-order valence-corrected chi connectivity index (χ0v) is 11.9. The van der Waals surface area contributed by atoms with E-state index in [0.29, 0.717) is 22.7 Å². The van der Waals surface area contributed by atoms with E-state index < -0.39 is 9.84 Å². The number of hydrogen-bond acceptors (Lipinski definition) is 7. The number of aromatic nitrogens is 2. The lowest BCUT2D eigenvalue weighted by molar-refractivity contribution is 0.601. The number of nitrogens with two attached hydrogens (primary N) is 1. The third kappa shape index (κ3) is 4.10. The van der Waals surface area contributed by atoms with Gasteiger partial charge in [-0.25, -0.2) is 24.2 Å². The summed E-state index contributed by atoms with van der Waals surface area (Å²) in [4.78, 5) is 9.69. The maximum absolute atomic E-state index is 11.1. The number of anilines is 2. The third-order valence-electron chi connectivity index (χ3n) is 2.07. The van der Waals surface area contributed by atoms with E-state index in [-0.39, 0.29) is 5.75 Å². The highest BCUT2D eigenvalue weighted by molar-refractivity contribution is 9.10. The van der Waals surface area contributed by atoms with Crippen LogP contribution in [0.5, 0.6) is 0 Å². The second-order valence-corrected chi connectivity index (χ2v) is 6.61. The number of hydrogen-bond donors (Lipinski definition) is 2. The van der Waals surface area contributed by atoms with Gasteiger partial charge >= 0.3 is 0 Å². The third-order valence-corrected chi connectivity index (χ3v) is 3.72. The summed E-state index contributed by atoms with van der Waals surface area (Å²) in [6.07, 6.45) is 2.55. The number of nitrogens with zero attached hydrogens (tertiary/aromatic N) is 3. The van der Waals surface area contributed by atoms with Crippen molar-refractivity contribution >= 4 is 37.4 Å². The van der Waals surface area contributed by atoms with E-state index in [2.05, 4.69) is 31.3 Å². The Morgan fingerprint density at radius 1 is 1.53 bits per heavy atom. The van der Waals surface area contributed by atoms with Crippen molar-refractivity contribution in [2.24, 2.45) is 5.84 Å². The minimum atomic E-state index is -3.00. The second-order valence-electron chi connectivity index (χ2n) is 3.56. The van der Waals surface area contributed by atoms with Crippen molar-refractivity contribution in [3.05, 3.63) is 10.8 Å². The summed E-state index contributed by atoms with van der Waals surface area (Å²) >= 11 is 3.30. The van der Waals surface area contributed by atoms with Crippen LogP contribution in [0.25, 0.3) is 0 Å². The molecular formula is C8H14BrN5O2S. The minimum Gasteiger partial charge on any atom is -0.358 e. The lowest BCUT2D eigenvalue weighted by Gasteiger charge is -2.19. The monoisotopic (exact) mass is 323 g/mol. The Morgan fingerprint density at radius 3 is 2.71 bits per heavy atom. The molecule has 3 N–H and O–H groups in total. The van der Waals surface area contributed by atoms with Gasteiger partial charge in [-0.1, -0.05) is 0 Å². The van der Waals surface area contributed by atoms with Crippen LogP contribution in [0.1, 0.15) is 0 Å². The Hall–Kier alpha value is -0.930. The summed E-state index contributed by atoms with van der Waals surface area (Å²) in [7, 11) is -1.25. The molecule has 0 aromatic carbocycles. The molecule has 0 amide bonds. The standard InChI is InChI=1S/C8H14BrN5O2S/c1-14(3-4-17(2,15)16)8-6(9)7(13-10)11-5-12-8/h5H,3-4,10H2,1-2H3,(H,11,12,13). The Kier molecular flexibility index (Phi) is 4.66. The van der Waals surface area contributed by atoms with Crippen LogP contribution in [0, 0.1) is 0 Å². The van der Waals surface area contributed by atoms with Crippen LogP contribution >= 0.6 is 15.9 Å². The highest BCUT2D eigenvalue weighted by atomic mass is 79.9. The molecule has 0 unspecified atom stereocenters. The van der Waals surface area contributed by atoms with Gasteiger partial charge in [-0.15, -0.1) is 0 Å². The van der Waals surface area contributed by atoms with Crippen LogP contribution in [0.3, 0.4) is 0 Å². The highest BCUT2D eigenvalue weighted by Crippen LogP contribution is 2.27. The fraction of sp³-hybridized carbons (Fsp3) is 0.500. The fourth-order valence-corrected chi connectivity index (χ4v) is 2.36. The average molecular weight is 324 g/mol. The molecule has 9 heteroatoms. The lowest BCUT2D eigenvalue weighted by atomic mass is 10.5. The normalized spacial score (nSPS) is 11.3. The number of nitrogen functional groups attached to an aromatic ring is 1. The predicted octanol–water partition coefficient (Wildman–Crippen LogP) is 0.00550. The molecule has 1 aromatic rings. The first-order valence-corrected chi connectivity index (χ1v) is 7.56. The topological polar surface area (TPSA) is 101 Å². The number of rotatable bonds is 5. The predicted molar refractivity (Wildman–Crippen MR) is 70.5 cm³/mol. The van der Waals surface area contributed by atoms with Gasteiger partial charge in [0.15, 0.2) is 5.82 Å². The van der Waals surface area contributed by atoms with E-state index in [1.807, 2.05) is 0 Å². The van der Waals surface area contributed by atoms with Crippen molar-refractivity contribution in [2.75, 3.05) is 35.9 Å². The summed E-state index contributed by atoms with van der Waals surface area (Å²) < 4.78 is 22.7. The molecule has 1 aromatic heterocycles. The first kappa shape index (κ1) is 14.1. The summed E-state index contributed by atoms with van der Waals surface area (Å²) in [6, 6.07) is 0. The van der Waals surface area contributed by atoms with Gasteiger partial charge in [-0.05, 0) is 15.9 Å². The van der Waals surface area contributed by atoms with Crippen molar-refractivity contribution in [3.8, 4) is 0 Å². The van der Waals surface area contributed by atoms with Gasteiger partial charge in [0.2, 0.25) is 0 Å². The van der Waals surface area contributed by atoms with Gasteiger partial charge in [-0.2, -0.15) is 0 Å². The summed E-state index contributed by atoms with van der Waals surface area (Å²) in [5.74, 6) is 6.36. The number of hydrazine groups is 1. The Bertz CT molecular complexity index is 493. The number of halogens is 1. The van der Waals surface area contributed by atoms with E-state index in [4.69, 9.17) is 5.84 Å². The zero-order valence-electron chi connectivity index (χ0n) is 9.51. The maximum Gasteiger partial charge on any atom is 0.159 e. The highest BCUT2D eigenvalue weighted by Gasteiger charge is 2.13. The molecule has 0 spiro atoms.